The molecule has 1 aromatic carbocycles. The molecule has 0 saturated carbocycles. The first-order valence-electron chi connectivity index (χ1n) is 6.32. The molecular formula is C14H15ClN2O3. The lowest BCUT2D eigenvalue weighted by molar-refractivity contribution is -0.140. The quantitative estimate of drug-likeness (QED) is 0.853. The van der Waals surface area contributed by atoms with Gasteiger partial charge >= 0.3 is 0 Å². The van der Waals surface area contributed by atoms with E-state index < -0.39 is 0 Å². The van der Waals surface area contributed by atoms with Crippen LogP contribution in [0.3, 0.4) is 0 Å². The van der Waals surface area contributed by atoms with Gasteiger partial charge in [-0.15, -0.1) is 0 Å². The van der Waals surface area contributed by atoms with Gasteiger partial charge in [-0.2, -0.15) is 5.26 Å². The van der Waals surface area contributed by atoms with Crippen LogP contribution in [0.1, 0.15) is 12.5 Å². The predicted molar refractivity (Wildman–Crippen MR) is 73.7 cm³/mol. The monoisotopic (exact) mass is 294 g/mol. The highest BCUT2D eigenvalue weighted by molar-refractivity contribution is 6.32. The minimum atomic E-state index is -0.0967. The lowest BCUT2D eigenvalue weighted by Crippen LogP contribution is -2.46. The van der Waals surface area contributed by atoms with E-state index in [0.717, 1.165) is 0 Å². The molecule has 1 aliphatic rings. The molecule has 1 saturated heterocycles. The highest BCUT2D eigenvalue weighted by Gasteiger charge is 2.21. The Labute approximate surface area is 122 Å². The Hall–Kier alpha value is -1.77. The van der Waals surface area contributed by atoms with Crippen molar-refractivity contribution in [3.05, 3.63) is 28.8 Å². The average Bonchev–Trinajstić information content (AvgIpc) is 2.45. The molecule has 1 atom stereocenters. The van der Waals surface area contributed by atoms with Crippen LogP contribution in [-0.2, 0) is 9.53 Å². The number of carbonyl (C=O) groups is 1. The number of benzene rings is 1. The van der Waals surface area contributed by atoms with Gasteiger partial charge in [-0.1, -0.05) is 11.6 Å². The van der Waals surface area contributed by atoms with Gasteiger partial charge in [0.25, 0.3) is 5.91 Å². The topological polar surface area (TPSA) is 62.6 Å². The van der Waals surface area contributed by atoms with Crippen LogP contribution < -0.4 is 4.74 Å². The van der Waals surface area contributed by atoms with Crippen LogP contribution in [0.15, 0.2) is 18.2 Å². The molecule has 0 N–H and O–H groups in total. The third kappa shape index (κ3) is 3.62. The third-order valence-electron chi connectivity index (χ3n) is 3.01. The average molecular weight is 295 g/mol. The van der Waals surface area contributed by atoms with E-state index >= 15 is 0 Å². The molecule has 20 heavy (non-hydrogen) atoms. The fourth-order valence-corrected chi connectivity index (χ4v) is 2.20. The number of morpholine rings is 1. The largest absolute Gasteiger partial charge is 0.482 e. The van der Waals surface area contributed by atoms with Crippen LogP contribution >= 0.6 is 11.6 Å². The molecule has 0 radical (unpaired) electrons. The van der Waals surface area contributed by atoms with E-state index in [1.807, 2.05) is 13.0 Å². The fraction of sp³-hybridized carbons (Fsp3) is 0.429. The SMILES string of the molecule is C[C@@H]1CN(C(=O)COc2ccc(C#N)cc2Cl)CCO1. The zero-order valence-electron chi connectivity index (χ0n) is 11.1. The molecule has 106 valence electrons. The maximum Gasteiger partial charge on any atom is 0.260 e. The summed E-state index contributed by atoms with van der Waals surface area (Å²) in [5.74, 6) is 0.306. The van der Waals surface area contributed by atoms with E-state index in [4.69, 9.17) is 26.3 Å². The summed E-state index contributed by atoms with van der Waals surface area (Å²) in [5, 5.41) is 9.07. The fourth-order valence-electron chi connectivity index (χ4n) is 1.96. The van der Waals surface area contributed by atoms with E-state index in [2.05, 4.69) is 0 Å². The first kappa shape index (κ1) is 14.6. The Bertz CT molecular complexity index is 542. The molecule has 5 nitrogen and oxygen atoms in total. The van der Waals surface area contributed by atoms with Crippen molar-refractivity contribution in [2.75, 3.05) is 26.3 Å². The van der Waals surface area contributed by atoms with Crippen molar-refractivity contribution in [2.45, 2.75) is 13.0 Å². The summed E-state index contributed by atoms with van der Waals surface area (Å²) in [6, 6.07) is 6.69. The highest BCUT2D eigenvalue weighted by Crippen LogP contribution is 2.25. The van der Waals surface area contributed by atoms with Crippen molar-refractivity contribution in [3.63, 3.8) is 0 Å². The summed E-state index contributed by atoms with van der Waals surface area (Å²) < 4.78 is 10.8. The number of hydrogen-bond acceptors (Lipinski definition) is 4. The third-order valence-corrected chi connectivity index (χ3v) is 3.30. The normalized spacial score (nSPS) is 18.4. The van der Waals surface area contributed by atoms with Crippen molar-refractivity contribution in [1.82, 2.24) is 4.90 Å². The van der Waals surface area contributed by atoms with Crippen molar-refractivity contribution in [3.8, 4) is 11.8 Å². The minimum absolute atomic E-state index is 0.0474. The summed E-state index contributed by atoms with van der Waals surface area (Å²) in [4.78, 5) is 13.7. The number of amides is 1. The van der Waals surface area contributed by atoms with Crippen LogP contribution in [0.2, 0.25) is 5.02 Å². The van der Waals surface area contributed by atoms with Crippen LogP contribution in [0.5, 0.6) is 5.75 Å². The van der Waals surface area contributed by atoms with Gasteiger partial charge in [0, 0.05) is 13.1 Å². The molecule has 6 heteroatoms. The van der Waals surface area contributed by atoms with Gasteiger partial charge in [0.1, 0.15) is 5.75 Å². The van der Waals surface area contributed by atoms with E-state index in [1.165, 1.54) is 6.07 Å². The predicted octanol–water partition coefficient (Wildman–Crippen LogP) is 1.84. The summed E-state index contributed by atoms with van der Waals surface area (Å²) in [7, 11) is 0. The molecule has 1 heterocycles. The second-order valence-corrected chi connectivity index (χ2v) is 4.97. The number of halogens is 1. The standard InChI is InChI=1S/C14H15ClN2O3/c1-10-8-17(4-5-19-10)14(18)9-20-13-3-2-11(7-16)6-12(13)15/h2-3,6,10H,4-5,8-9H2,1H3/t10-/m1/s1. The van der Waals surface area contributed by atoms with E-state index in [9.17, 15) is 4.79 Å². The van der Waals surface area contributed by atoms with Gasteiger partial charge in [-0.3, -0.25) is 4.79 Å². The lowest BCUT2D eigenvalue weighted by atomic mass is 10.2. The zero-order chi connectivity index (χ0) is 14.5. The smallest absolute Gasteiger partial charge is 0.260 e. The summed E-state index contributed by atoms with van der Waals surface area (Å²) in [5.41, 5.74) is 0.454. The van der Waals surface area contributed by atoms with Gasteiger partial charge in [0.15, 0.2) is 6.61 Å². The Morgan fingerprint density at radius 2 is 2.45 bits per heavy atom. The lowest BCUT2D eigenvalue weighted by Gasteiger charge is -2.31. The number of nitrogens with zero attached hydrogens (tertiary/aromatic N) is 2. The van der Waals surface area contributed by atoms with Crippen LogP contribution in [0.25, 0.3) is 0 Å². The molecule has 0 aromatic heterocycles. The first-order chi connectivity index (χ1) is 9.60. The van der Waals surface area contributed by atoms with Crippen molar-refractivity contribution in [1.29, 1.82) is 5.26 Å². The molecule has 1 amide bonds. The molecule has 0 aliphatic carbocycles. The Morgan fingerprint density at radius 1 is 1.65 bits per heavy atom. The maximum absolute atomic E-state index is 12.0. The number of rotatable bonds is 3. The molecule has 1 fully saturated rings. The Balaban J connectivity index is 1.92. The van der Waals surface area contributed by atoms with Gasteiger partial charge in [0.2, 0.25) is 0 Å². The summed E-state index contributed by atoms with van der Waals surface area (Å²) in [6.45, 7) is 3.55. The van der Waals surface area contributed by atoms with Crippen LogP contribution in [0.4, 0.5) is 0 Å². The summed E-state index contributed by atoms with van der Waals surface area (Å²) >= 11 is 5.98. The van der Waals surface area contributed by atoms with E-state index in [1.54, 1.807) is 17.0 Å². The molecule has 2 rings (SSSR count). The number of carbonyl (C=O) groups excluding carboxylic acids is 1. The van der Waals surface area contributed by atoms with Crippen molar-refractivity contribution in [2.24, 2.45) is 0 Å². The Kier molecular flexibility index (Phi) is 4.83. The van der Waals surface area contributed by atoms with Gasteiger partial charge in [0.05, 0.1) is 29.4 Å². The van der Waals surface area contributed by atoms with Gasteiger partial charge < -0.3 is 14.4 Å². The molecule has 0 bridgehead atoms. The molecule has 0 unspecified atom stereocenters. The van der Waals surface area contributed by atoms with Crippen LogP contribution in [-0.4, -0.2) is 43.2 Å². The molecular weight excluding hydrogens is 280 g/mol. The second kappa shape index (κ2) is 6.60. The molecule has 1 aliphatic heterocycles. The van der Waals surface area contributed by atoms with Crippen LogP contribution in [0, 0.1) is 11.3 Å². The van der Waals surface area contributed by atoms with Gasteiger partial charge in [-0.05, 0) is 25.1 Å². The number of nitriles is 1. The molecule has 0 spiro atoms. The minimum Gasteiger partial charge on any atom is -0.482 e. The zero-order valence-corrected chi connectivity index (χ0v) is 11.9. The Morgan fingerprint density at radius 3 is 3.10 bits per heavy atom. The van der Waals surface area contributed by atoms with E-state index in [0.29, 0.717) is 36.0 Å². The second-order valence-electron chi connectivity index (χ2n) is 4.57. The highest BCUT2D eigenvalue weighted by atomic mass is 35.5. The first-order valence-corrected chi connectivity index (χ1v) is 6.70. The van der Waals surface area contributed by atoms with Crippen molar-refractivity contribution >= 4 is 17.5 Å². The maximum atomic E-state index is 12.0. The number of hydrogen-bond donors (Lipinski definition) is 0. The molecule has 1 aromatic rings. The van der Waals surface area contributed by atoms with E-state index in [-0.39, 0.29) is 18.6 Å². The van der Waals surface area contributed by atoms with Crippen molar-refractivity contribution < 1.29 is 14.3 Å². The van der Waals surface area contributed by atoms with Gasteiger partial charge in [-0.25, -0.2) is 0 Å². The summed E-state index contributed by atoms with van der Waals surface area (Å²) in [6.07, 6.45) is 0.0474. The number of ether oxygens (including phenoxy) is 2.